The fourth-order valence-corrected chi connectivity index (χ4v) is 3.66. The lowest BCUT2D eigenvalue weighted by molar-refractivity contribution is 0.0845. The molecule has 0 unspecified atom stereocenters. The van der Waals surface area contributed by atoms with E-state index >= 15 is 0 Å². The van der Waals surface area contributed by atoms with E-state index in [1.807, 2.05) is 0 Å². The molecule has 0 heterocycles. The van der Waals surface area contributed by atoms with Crippen molar-refractivity contribution in [1.29, 1.82) is 0 Å². The molecule has 4 N–H and O–H groups in total. The Morgan fingerprint density at radius 1 is 0.903 bits per heavy atom. The minimum absolute atomic E-state index is 0.0327. The molecule has 0 aliphatic carbocycles. The number of sulfonamides is 1. The third-order valence-corrected chi connectivity index (χ3v) is 5.65. The summed E-state index contributed by atoms with van der Waals surface area (Å²) in [7, 11) is -4.08. The van der Waals surface area contributed by atoms with Crippen molar-refractivity contribution in [3.63, 3.8) is 0 Å². The lowest BCUT2D eigenvalue weighted by Crippen LogP contribution is -2.41. The van der Waals surface area contributed by atoms with Gasteiger partial charge in [-0.05, 0) is 55.0 Å². The van der Waals surface area contributed by atoms with Gasteiger partial charge >= 0.3 is 0 Å². The number of hydrogen-bond acceptors (Lipinski definition) is 5. The second-order valence-electron chi connectivity index (χ2n) is 6.52. The Morgan fingerprint density at radius 2 is 1.61 bits per heavy atom. The largest absolute Gasteiger partial charge is 0.507 e. The molecule has 3 rings (SSSR count). The molecular formula is C21H18FN3O5S. The molecule has 160 valence electrons. The molecule has 2 amide bonds. The average molecular weight is 443 g/mol. The summed E-state index contributed by atoms with van der Waals surface area (Å²) in [5.41, 5.74) is 4.74. The number of anilines is 1. The first-order valence-electron chi connectivity index (χ1n) is 8.95. The van der Waals surface area contributed by atoms with Crippen LogP contribution >= 0.6 is 0 Å². The molecule has 0 aliphatic rings. The average Bonchev–Trinajstić information content (AvgIpc) is 2.73. The topological polar surface area (TPSA) is 125 Å². The van der Waals surface area contributed by atoms with E-state index in [0.29, 0.717) is 5.56 Å². The van der Waals surface area contributed by atoms with Crippen LogP contribution in [0.1, 0.15) is 26.3 Å². The van der Waals surface area contributed by atoms with Gasteiger partial charge in [0.1, 0.15) is 11.6 Å². The Kier molecular flexibility index (Phi) is 6.21. The summed E-state index contributed by atoms with van der Waals surface area (Å²) in [6.45, 7) is 1.51. The van der Waals surface area contributed by atoms with Gasteiger partial charge in [0.05, 0.1) is 10.5 Å². The highest BCUT2D eigenvalue weighted by Gasteiger charge is 2.17. The maximum atomic E-state index is 13.7. The molecule has 0 radical (unpaired) electrons. The molecule has 0 aromatic heterocycles. The molecule has 0 bridgehead atoms. The number of aryl methyl sites for hydroxylation is 1. The van der Waals surface area contributed by atoms with E-state index in [0.717, 1.165) is 6.07 Å². The van der Waals surface area contributed by atoms with Crippen LogP contribution in [-0.4, -0.2) is 25.3 Å². The summed E-state index contributed by atoms with van der Waals surface area (Å²) in [4.78, 5) is 24.1. The van der Waals surface area contributed by atoms with E-state index in [-0.39, 0.29) is 27.5 Å². The normalized spacial score (nSPS) is 10.9. The number of hydrogen-bond donors (Lipinski definition) is 4. The molecule has 10 heteroatoms. The highest BCUT2D eigenvalue weighted by atomic mass is 32.2. The van der Waals surface area contributed by atoms with Crippen molar-refractivity contribution in [2.75, 3.05) is 4.72 Å². The van der Waals surface area contributed by atoms with Crippen LogP contribution in [0.2, 0.25) is 0 Å². The number of para-hydroxylation sites is 1. The second kappa shape index (κ2) is 8.84. The molecule has 0 spiro atoms. The Balaban J connectivity index is 1.70. The van der Waals surface area contributed by atoms with Crippen molar-refractivity contribution >= 4 is 27.5 Å². The highest BCUT2D eigenvalue weighted by molar-refractivity contribution is 7.92. The summed E-state index contributed by atoms with van der Waals surface area (Å²) in [5, 5.41) is 9.67. The number of hydrazine groups is 1. The van der Waals surface area contributed by atoms with Gasteiger partial charge in [-0.15, -0.1) is 0 Å². The van der Waals surface area contributed by atoms with Gasteiger partial charge < -0.3 is 5.11 Å². The number of aromatic hydroxyl groups is 1. The molecule has 0 fully saturated rings. The molecule has 0 atom stereocenters. The monoisotopic (exact) mass is 443 g/mol. The molecule has 31 heavy (non-hydrogen) atoms. The quantitative estimate of drug-likeness (QED) is 0.452. The third-order valence-electron chi connectivity index (χ3n) is 4.27. The first kappa shape index (κ1) is 21.8. The Bertz CT molecular complexity index is 1260. The maximum absolute atomic E-state index is 13.7. The molecule has 0 saturated carbocycles. The van der Waals surface area contributed by atoms with E-state index in [4.69, 9.17) is 0 Å². The number of rotatable bonds is 5. The minimum atomic E-state index is -4.08. The van der Waals surface area contributed by atoms with Crippen molar-refractivity contribution in [3.05, 3.63) is 89.2 Å². The maximum Gasteiger partial charge on any atom is 0.273 e. The molecular weight excluding hydrogens is 425 g/mol. The van der Waals surface area contributed by atoms with E-state index in [2.05, 4.69) is 15.6 Å². The van der Waals surface area contributed by atoms with E-state index < -0.39 is 27.7 Å². The van der Waals surface area contributed by atoms with Gasteiger partial charge in [-0.3, -0.25) is 25.2 Å². The van der Waals surface area contributed by atoms with Crippen molar-refractivity contribution in [1.82, 2.24) is 10.9 Å². The van der Waals surface area contributed by atoms with Gasteiger partial charge in [0.25, 0.3) is 21.8 Å². The summed E-state index contributed by atoms with van der Waals surface area (Å²) >= 11 is 0. The van der Waals surface area contributed by atoms with Crippen molar-refractivity contribution in [2.24, 2.45) is 0 Å². The smallest absolute Gasteiger partial charge is 0.273 e. The zero-order valence-corrected chi connectivity index (χ0v) is 17.0. The van der Waals surface area contributed by atoms with Crippen LogP contribution in [0.4, 0.5) is 10.1 Å². The predicted molar refractivity (Wildman–Crippen MR) is 111 cm³/mol. The zero-order valence-electron chi connectivity index (χ0n) is 16.2. The summed E-state index contributed by atoms with van der Waals surface area (Å²) < 4.78 is 41.0. The van der Waals surface area contributed by atoms with Crippen LogP contribution < -0.4 is 15.6 Å². The van der Waals surface area contributed by atoms with Gasteiger partial charge in [0.15, 0.2) is 0 Å². The standard InChI is InChI=1S/C21H18FN3O5S/c1-13-9-10-16(12-18(13)22)31(29,30)25-15-6-4-5-14(11-15)20(27)23-24-21(28)17-7-2-3-8-19(17)26/h2-12,25-26H,1H3,(H,23,27)(H,24,28). The Morgan fingerprint density at radius 3 is 2.32 bits per heavy atom. The van der Waals surface area contributed by atoms with E-state index in [1.165, 1.54) is 55.5 Å². The summed E-state index contributed by atoms with van der Waals surface area (Å²) in [6, 6.07) is 14.8. The molecule has 0 saturated heterocycles. The third kappa shape index (κ3) is 5.17. The van der Waals surface area contributed by atoms with Crippen LogP contribution in [0.5, 0.6) is 5.75 Å². The Hall–Kier alpha value is -3.92. The molecule has 8 nitrogen and oxygen atoms in total. The van der Waals surface area contributed by atoms with Gasteiger partial charge in [-0.25, -0.2) is 12.8 Å². The lowest BCUT2D eigenvalue weighted by Gasteiger charge is -2.11. The summed E-state index contributed by atoms with van der Waals surface area (Å²) in [6.07, 6.45) is 0. The molecule has 0 aliphatic heterocycles. The number of phenols is 1. The molecule has 3 aromatic carbocycles. The lowest BCUT2D eigenvalue weighted by atomic mass is 10.2. The predicted octanol–water partition coefficient (Wildman–Crippen LogP) is 2.72. The number of amides is 2. The van der Waals surface area contributed by atoms with Crippen LogP contribution in [0.3, 0.4) is 0 Å². The van der Waals surface area contributed by atoms with Gasteiger partial charge in [-0.1, -0.05) is 24.3 Å². The van der Waals surface area contributed by atoms with Crippen LogP contribution in [-0.2, 0) is 10.0 Å². The van der Waals surface area contributed by atoms with Gasteiger partial charge in [0, 0.05) is 11.3 Å². The van der Waals surface area contributed by atoms with Crippen molar-refractivity contribution < 1.29 is 27.5 Å². The minimum Gasteiger partial charge on any atom is -0.507 e. The number of benzene rings is 3. The number of carbonyl (C=O) groups excluding carboxylic acids is 2. The first-order chi connectivity index (χ1) is 14.7. The molecule has 3 aromatic rings. The SMILES string of the molecule is Cc1ccc(S(=O)(=O)Nc2cccc(C(=O)NNC(=O)c3ccccc3O)c2)cc1F. The van der Waals surface area contributed by atoms with Crippen molar-refractivity contribution in [3.8, 4) is 5.75 Å². The fraction of sp³-hybridized carbons (Fsp3) is 0.0476. The Labute approximate surface area is 177 Å². The highest BCUT2D eigenvalue weighted by Crippen LogP contribution is 2.19. The number of halogens is 1. The fourth-order valence-electron chi connectivity index (χ4n) is 2.60. The summed E-state index contributed by atoms with van der Waals surface area (Å²) in [5.74, 6) is -2.36. The first-order valence-corrected chi connectivity index (χ1v) is 10.4. The van der Waals surface area contributed by atoms with Crippen LogP contribution in [0, 0.1) is 12.7 Å². The van der Waals surface area contributed by atoms with Crippen LogP contribution in [0.15, 0.2) is 71.6 Å². The number of carbonyl (C=O) groups is 2. The van der Waals surface area contributed by atoms with Gasteiger partial charge in [-0.2, -0.15) is 0 Å². The van der Waals surface area contributed by atoms with E-state index in [1.54, 1.807) is 12.1 Å². The second-order valence-corrected chi connectivity index (χ2v) is 8.21. The van der Waals surface area contributed by atoms with Crippen molar-refractivity contribution in [2.45, 2.75) is 11.8 Å². The number of phenolic OH excluding ortho intramolecular Hbond substituents is 1. The zero-order chi connectivity index (χ0) is 22.6. The van der Waals surface area contributed by atoms with E-state index in [9.17, 15) is 27.5 Å². The number of nitrogens with one attached hydrogen (secondary N) is 3. The van der Waals surface area contributed by atoms with Crippen LogP contribution in [0.25, 0.3) is 0 Å². The van der Waals surface area contributed by atoms with Gasteiger partial charge in [0.2, 0.25) is 0 Å².